The van der Waals surface area contributed by atoms with Crippen LogP contribution in [0.4, 0.5) is 4.79 Å². The summed E-state index contributed by atoms with van der Waals surface area (Å²) in [5.74, 6) is -0.986. The molecule has 1 amide bonds. The average Bonchev–Trinajstić information content (AvgIpc) is 2.86. The van der Waals surface area contributed by atoms with Crippen LogP contribution in [-0.2, 0) is 14.3 Å². The van der Waals surface area contributed by atoms with E-state index in [4.69, 9.17) is 4.74 Å². The highest BCUT2D eigenvalue weighted by Gasteiger charge is 2.41. The monoisotopic (exact) mass is 311 g/mol. The molecule has 1 aliphatic carbocycles. The second kappa shape index (κ2) is 6.26. The molecule has 1 N–H and O–H groups in total. The van der Waals surface area contributed by atoms with E-state index in [1.54, 1.807) is 0 Å². The van der Waals surface area contributed by atoms with Crippen molar-refractivity contribution in [2.75, 3.05) is 6.54 Å². The lowest BCUT2D eigenvalue weighted by Gasteiger charge is -2.35. The zero-order valence-electron chi connectivity index (χ0n) is 13.5. The number of nitrogens with zero attached hydrogens (tertiary/aromatic N) is 1. The first-order chi connectivity index (χ1) is 10.2. The third kappa shape index (κ3) is 3.59. The summed E-state index contributed by atoms with van der Waals surface area (Å²) < 4.78 is 5.62. The average molecular weight is 311 g/mol. The van der Waals surface area contributed by atoms with Gasteiger partial charge in [-0.25, -0.2) is 9.59 Å². The van der Waals surface area contributed by atoms with E-state index in [0.717, 1.165) is 19.3 Å². The lowest BCUT2D eigenvalue weighted by Crippen LogP contribution is -2.51. The minimum Gasteiger partial charge on any atom is -0.480 e. The molecule has 3 atom stereocenters. The molecule has 2 fully saturated rings. The van der Waals surface area contributed by atoms with Crippen molar-refractivity contribution in [3.05, 3.63) is 0 Å². The number of carboxylic acids is 1. The lowest BCUT2D eigenvalue weighted by molar-refractivity contribution is -0.147. The summed E-state index contributed by atoms with van der Waals surface area (Å²) in [5.41, 5.74) is 0.0471. The molecule has 6 heteroatoms. The van der Waals surface area contributed by atoms with Crippen LogP contribution < -0.4 is 0 Å². The van der Waals surface area contributed by atoms with Crippen molar-refractivity contribution in [3.8, 4) is 0 Å². The first kappa shape index (κ1) is 16.8. The molecule has 0 aromatic rings. The van der Waals surface area contributed by atoms with E-state index in [2.05, 4.69) is 20.8 Å². The molecule has 2 rings (SSSR count). The van der Waals surface area contributed by atoms with Gasteiger partial charge in [0.1, 0.15) is 17.9 Å². The molecule has 0 bridgehead atoms. The van der Waals surface area contributed by atoms with Crippen LogP contribution in [0.5, 0.6) is 0 Å². The Hall–Kier alpha value is -1.59. The molecule has 1 saturated heterocycles. The first-order valence-electron chi connectivity index (χ1n) is 7.92. The van der Waals surface area contributed by atoms with E-state index in [9.17, 15) is 19.5 Å². The fourth-order valence-corrected chi connectivity index (χ4v) is 3.52. The van der Waals surface area contributed by atoms with Crippen molar-refractivity contribution >= 4 is 17.8 Å². The van der Waals surface area contributed by atoms with E-state index >= 15 is 0 Å². The number of carbonyl (C=O) groups excluding carboxylic acids is 2. The molecule has 22 heavy (non-hydrogen) atoms. The Morgan fingerprint density at radius 2 is 1.95 bits per heavy atom. The van der Waals surface area contributed by atoms with Crippen LogP contribution in [0.1, 0.15) is 52.9 Å². The SMILES string of the molecule is CC(C)(C)C1CCCC1OC(=O)N1CCC(=O)C[C@@H]1C(=O)O. The van der Waals surface area contributed by atoms with Gasteiger partial charge in [-0.1, -0.05) is 20.8 Å². The van der Waals surface area contributed by atoms with E-state index in [-0.39, 0.29) is 42.6 Å². The largest absolute Gasteiger partial charge is 0.480 e. The normalized spacial score (nSPS) is 29.5. The van der Waals surface area contributed by atoms with Crippen LogP contribution in [0.15, 0.2) is 0 Å². The van der Waals surface area contributed by atoms with Gasteiger partial charge in [-0.15, -0.1) is 0 Å². The number of carbonyl (C=O) groups is 3. The van der Waals surface area contributed by atoms with Gasteiger partial charge in [0, 0.05) is 25.3 Å². The lowest BCUT2D eigenvalue weighted by atomic mass is 9.78. The van der Waals surface area contributed by atoms with Crippen LogP contribution in [0.3, 0.4) is 0 Å². The molecule has 6 nitrogen and oxygen atoms in total. The van der Waals surface area contributed by atoms with E-state index < -0.39 is 18.1 Å². The molecule has 124 valence electrons. The summed E-state index contributed by atoms with van der Waals surface area (Å²) in [6.45, 7) is 6.51. The van der Waals surface area contributed by atoms with Gasteiger partial charge in [0.15, 0.2) is 0 Å². The maximum atomic E-state index is 12.4. The summed E-state index contributed by atoms with van der Waals surface area (Å²) in [6.07, 6.45) is 2.16. The predicted molar refractivity (Wildman–Crippen MR) is 79.4 cm³/mol. The highest BCUT2D eigenvalue weighted by Crippen LogP contribution is 2.41. The number of ether oxygens (including phenoxy) is 1. The van der Waals surface area contributed by atoms with Gasteiger partial charge in [-0.3, -0.25) is 9.69 Å². The summed E-state index contributed by atoms with van der Waals surface area (Å²) in [4.78, 5) is 36.3. The number of amides is 1. The van der Waals surface area contributed by atoms with Gasteiger partial charge in [0.2, 0.25) is 0 Å². The number of likely N-dealkylation sites (tertiary alicyclic amines) is 1. The second-order valence-corrected chi connectivity index (χ2v) is 7.37. The Morgan fingerprint density at radius 1 is 1.27 bits per heavy atom. The van der Waals surface area contributed by atoms with Gasteiger partial charge in [0.25, 0.3) is 0 Å². The number of ketones is 1. The van der Waals surface area contributed by atoms with Crippen molar-refractivity contribution in [2.24, 2.45) is 11.3 Å². The van der Waals surface area contributed by atoms with Gasteiger partial charge < -0.3 is 9.84 Å². The summed E-state index contributed by atoms with van der Waals surface area (Å²) >= 11 is 0. The Labute approximate surface area is 130 Å². The fraction of sp³-hybridized carbons (Fsp3) is 0.812. The highest BCUT2D eigenvalue weighted by atomic mass is 16.6. The third-order valence-corrected chi connectivity index (χ3v) is 4.77. The highest BCUT2D eigenvalue weighted by molar-refractivity contribution is 5.90. The van der Waals surface area contributed by atoms with Gasteiger partial charge in [0.05, 0.1) is 0 Å². The standard InChI is InChI=1S/C16H25NO5/c1-16(2,3)11-5-4-6-13(11)22-15(21)17-8-7-10(18)9-12(17)14(19)20/h11-13H,4-9H2,1-3H3,(H,19,20)/t11?,12-,13?/m1/s1. The number of Topliss-reactive ketones (excluding diaryl/α,β-unsaturated/α-hetero) is 1. The van der Waals surface area contributed by atoms with Crippen molar-refractivity contribution in [1.82, 2.24) is 4.90 Å². The minimum absolute atomic E-state index is 0.0471. The van der Waals surface area contributed by atoms with Crippen LogP contribution in [0.2, 0.25) is 0 Å². The Balaban J connectivity index is 2.04. The smallest absolute Gasteiger partial charge is 0.410 e. The number of rotatable bonds is 2. The molecule has 1 aliphatic heterocycles. The topological polar surface area (TPSA) is 83.9 Å². The molecule has 1 heterocycles. The summed E-state index contributed by atoms with van der Waals surface area (Å²) in [6, 6.07) is -1.09. The summed E-state index contributed by atoms with van der Waals surface area (Å²) in [7, 11) is 0. The van der Waals surface area contributed by atoms with Crippen LogP contribution >= 0.6 is 0 Å². The molecular weight excluding hydrogens is 286 g/mol. The van der Waals surface area contributed by atoms with Gasteiger partial charge >= 0.3 is 12.1 Å². The van der Waals surface area contributed by atoms with E-state index in [0.29, 0.717) is 0 Å². The van der Waals surface area contributed by atoms with Crippen molar-refractivity contribution in [2.45, 2.75) is 65.0 Å². The first-order valence-corrected chi connectivity index (χ1v) is 7.92. The minimum atomic E-state index is -1.15. The zero-order chi connectivity index (χ0) is 16.5. The zero-order valence-corrected chi connectivity index (χ0v) is 13.5. The quantitative estimate of drug-likeness (QED) is 0.847. The molecule has 0 radical (unpaired) electrons. The third-order valence-electron chi connectivity index (χ3n) is 4.77. The maximum Gasteiger partial charge on any atom is 0.410 e. The van der Waals surface area contributed by atoms with E-state index in [1.165, 1.54) is 4.90 Å². The maximum absolute atomic E-state index is 12.4. The second-order valence-electron chi connectivity index (χ2n) is 7.37. The number of aliphatic carboxylic acids is 1. The number of hydrogen-bond donors (Lipinski definition) is 1. The van der Waals surface area contributed by atoms with Crippen molar-refractivity contribution in [1.29, 1.82) is 0 Å². The van der Waals surface area contributed by atoms with Gasteiger partial charge in [-0.2, -0.15) is 0 Å². The predicted octanol–water partition coefficient (Wildman–Crippen LogP) is 2.46. The Morgan fingerprint density at radius 3 is 2.55 bits per heavy atom. The molecule has 2 unspecified atom stereocenters. The molecule has 1 saturated carbocycles. The van der Waals surface area contributed by atoms with E-state index in [1.807, 2.05) is 0 Å². The van der Waals surface area contributed by atoms with Crippen molar-refractivity contribution < 1.29 is 24.2 Å². The Bertz CT molecular complexity index is 468. The van der Waals surface area contributed by atoms with Crippen molar-refractivity contribution in [3.63, 3.8) is 0 Å². The molecule has 0 aromatic carbocycles. The van der Waals surface area contributed by atoms with Crippen LogP contribution in [0, 0.1) is 11.3 Å². The summed E-state index contributed by atoms with van der Waals surface area (Å²) in [5, 5.41) is 9.22. The molecular formula is C16H25NO5. The number of carboxylic acid groups (broad SMARTS) is 1. The molecule has 0 aromatic heterocycles. The molecule has 2 aliphatic rings. The van der Waals surface area contributed by atoms with Crippen LogP contribution in [0.25, 0.3) is 0 Å². The molecule has 0 spiro atoms. The number of piperidine rings is 1. The van der Waals surface area contributed by atoms with Crippen LogP contribution in [-0.4, -0.2) is 46.5 Å². The van der Waals surface area contributed by atoms with Gasteiger partial charge in [-0.05, 0) is 24.7 Å². The fourth-order valence-electron chi connectivity index (χ4n) is 3.52. The number of hydrogen-bond acceptors (Lipinski definition) is 4. The Kier molecular flexibility index (Phi) is 4.78.